The van der Waals surface area contributed by atoms with Crippen LogP contribution in [0, 0.1) is 0 Å². The van der Waals surface area contributed by atoms with Crippen LogP contribution >= 0.6 is 11.6 Å². The Morgan fingerprint density at radius 2 is 2.19 bits per heavy atom. The van der Waals surface area contributed by atoms with Gasteiger partial charge < -0.3 is 9.47 Å². The second-order valence-electron chi connectivity index (χ2n) is 2.85. The lowest BCUT2D eigenvalue weighted by atomic mass is 10.1. The molecule has 0 atom stereocenters. The molecule has 0 radical (unpaired) electrons. The van der Waals surface area contributed by atoms with E-state index in [0.29, 0.717) is 0 Å². The second-order valence-corrected chi connectivity index (χ2v) is 3.26. The molecule has 1 aromatic carbocycles. The molecular weight excluding hydrogens is 242 g/mol. The molecule has 1 rings (SSSR count). The first-order valence-electron chi connectivity index (χ1n) is 4.33. The SMILES string of the molecule is COC(=O)Cc1c(Cl)cccc1OC(F)F. The van der Waals surface area contributed by atoms with E-state index in [0.717, 1.165) is 0 Å². The van der Waals surface area contributed by atoms with Crippen molar-refractivity contribution in [1.29, 1.82) is 0 Å². The molecule has 0 N–H and O–H groups in total. The number of ether oxygens (including phenoxy) is 2. The standard InChI is InChI=1S/C10H9ClF2O3/c1-15-9(14)5-6-7(11)3-2-4-8(6)16-10(12)13/h2-4,10H,5H2,1H3. The summed E-state index contributed by atoms with van der Waals surface area (Å²) in [5.74, 6) is -0.694. The number of carbonyl (C=O) groups excluding carboxylic acids is 1. The molecule has 88 valence electrons. The molecule has 0 aliphatic rings. The van der Waals surface area contributed by atoms with Gasteiger partial charge in [0.05, 0.1) is 13.5 Å². The van der Waals surface area contributed by atoms with Crippen molar-refractivity contribution in [3.8, 4) is 5.75 Å². The monoisotopic (exact) mass is 250 g/mol. The number of hydrogen-bond acceptors (Lipinski definition) is 3. The van der Waals surface area contributed by atoms with Gasteiger partial charge in [-0.25, -0.2) is 0 Å². The normalized spacial score (nSPS) is 10.3. The summed E-state index contributed by atoms with van der Waals surface area (Å²) in [6, 6.07) is 4.26. The van der Waals surface area contributed by atoms with E-state index in [1.165, 1.54) is 25.3 Å². The number of alkyl halides is 2. The Labute approximate surface area is 95.9 Å². The Morgan fingerprint density at radius 3 is 2.75 bits per heavy atom. The van der Waals surface area contributed by atoms with Gasteiger partial charge in [-0.05, 0) is 12.1 Å². The fourth-order valence-electron chi connectivity index (χ4n) is 1.13. The van der Waals surface area contributed by atoms with Crippen molar-refractivity contribution in [2.75, 3.05) is 7.11 Å². The van der Waals surface area contributed by atoms with Gasteiger partial charge in [-0.3, -0.25) is 4.79 Å². The van der Waals surface area contributed by atoms with Crippen molar-refractivity contribution in [3.05, 3.63) is 28.8 Å². The number of esters is 1. The van der Waals surface area contributed by atoms with E-state index in [9.17, 15) is 13.6 Å². The predicted molar refractivity (Wildman–Crippen MR) is 53.8 cm³/mol. The van der Waals surface area contributed by atoms with Crippen molar-refractivity contribution in [2.24, 2.45) is 0 Å². The summed E-state index contributed by atoms with van der Waals surface area (Å²) in [4.78, 5) is 11.0. The molecule has 1 aromatic rings. The molecule has 0 saturated carbocycles. The van der Waals surface area contributed by atoms with Crippen molar-refractivity contribution in [2.45, 2.75) is 13.0 Å². The Kier molecular flexibility index (Phi) is 4.49. The maximum absolute atomic E-state index is 12.1. The minimum Gasteiger partial charge on any atom is -0.469 e. The Bertz CT molecular complexity index is 382. The zero-order chi connectivity index (χ0) is 12.1. The summed E-state index contributed by atoms with van der Waals surface area (Å²) in [5, 5.41) is 0.184. The molecule has 0 amide bonds. The highest BCUT2D eigenvalue weighted by atomic mass is 35.5. The summed E-state index contributed by atoms with van der Waals surface area (Å²) in [6.45, 7) is -2.96. The average molecular weight is 251 g/mol. The van der Waals surface area contributed by atoms with Crippen LogP contribution in [0.25, 0.3) is 0 Å². The van der Waals surface area contributed by atoms with Gasteiger partial charge in [0.25, 0.3) is 0 Å². The third-order valence-electron chi connectivity index (χ3n) is 1.84. The van der Waals surface area contributed by atoms with Gasteiger partial charge in [0.1, 0.15) is 5.75 Å². The van der Waals surface area contributed by atoms with E-state index in [1.54, 1.807) is 0 Å². The van der Waals surface area contributed by atoms with Crippen molar-refractivity contribution < 1.29 is 23.0 Å². The van der Waals surface area contributed by atoms with Crippen LogP contribution in [-0.2, 0) is 16.0 Å². The predicted octanol–water partition coefficient (Wildman–Crippen LogP) is 2.66. The molecule has 16 heavy (non-hydrogen) atoms. The lowest BCUT2D eigenvalue weighted by Crippen LogP contribution is -2.09. The van der Waals surface area contributed by atoms with Crippen LogP contribution in [0.15, 0.2) is 18.2 Å². The van der Waals surface area contributed by atoms with Gasteiger partial charge in [0.2, 0.25) is 0 Å². The summed E-state index contributed by atoms with van der Waals surface area (Å²) in [5.41, 5.74) is 0.191. The molecule has 0 aliphatic heterocycles. The molecule has 6 heteroatoms. The molecule has 0 unspecified atom stereocenters. The topological polar surface area (TPSA) is 35.5 Å². The molecule has 0 aliphatic carbocycles. The zero-order valence-corrected chi connectivity index (χ0v) is 9.13. The van der Waals surface area contributed by atoms with Crippen LogP contribution in [-0.4, -0.2) is 19.7 Å². The van der Waals surface area contributed by atoms with Crippen molar-refractivity contribution in [1.82, 2.24) is 0 Å². The highest BCUT2D eigenvalue weighted by molar-refractivity contribution is 6.31. The molecular formula is C10H9ClF2O3. The quantitative estimate of drug-likeness (QED) is 0.771. The summed E-state index contributed by atoms with van der Waals surface area (Å²) >= 11 is 5.78. The first-order chi connectivity index (χ1) is 7.54. The highest BCUT2D eigenvalue weighted by Gasteiger charge is 2.15. The molecule has 0 spiro atoms. The van der Waals surface area contributed by atoms with Gasteiger partial charge >= 0.3 is 12.6 Å². The first kappa shape index (κ1) is 12.7. The molecule has 0 heterocycles. The van der Waals surface area contributed by atoms with Crippen molar-refractivity contribution >= 4 is 17.6 Å². The molecule has 3 nitrogen and oxygen atoms in total. The van der Waals surface area contributed by atoms with Gasteiger partial charge in [-0.1, -0.05) is 17.7 Å². The van der Waals surface area contributed by atoms with E-state index in [4.69, 9.17) is 11.6 Å². The van der Waals surface area contributed by atoms with E-state index in [2.05, 4.69) is 9.47 Å². The molecule has 0 aromatic heterocycles. The van der Waals surface area contributed by atoms with Gasteiger partial charge in [-0.2, -0.15) is 8.78 Å². The lowest BCUT2D eigenvalue weighted by molar-refractivity contribution is -0.139. The Hall–Kier alpha value is -1.36. The van der Waals surface area contributed by atoms with E-state index < -0.39 is 12.6 Å². The van der Waals surface area contributed by atoms with Crippen LogP contribution < -0.4 is 4.74 Å². The number of rotatable bonds is 4. The maximum Gasteiger partial charge on any atom is 0.387 e. The minimum absolute atomic E-state index is 0.118. The van der Waals surface area contributed by atoms with Gasteiger partial charge in [0, 0.05) is 10.6 Å². The third kappa shape index (κ3) is 3.34. The largest absolute Gasteiger partial charge is 0.469 e. The number of methoxy groups -OCH3 is 1. The fourth-order valence-corrected chi connectivity index (χ4v) is 1.37. The van der Waals surface area contributed by atoms with Crippen LogP contribution in [0.1, 0.15) is 5.56 Å². The zero-order valence-electron chi connectivity index (χ0n) is 8.38. The van der Waals surface area contributed by atoms with Crippen molar-refractivity contribution in [3.63, 3.8) is 0 Å². The molecule has 0 saturated heterocycles. The summed E-state index contributed by atoms with van der Waals surface area (Å²) < 4.78 is 32.8. The van der Waals surface area contributed by atoms with Gasteiger partial charge in [-0.15, -0.1) is 0 Å². The molecule has 0 fully saturated rings. The molecule has 0 bridgehead atoms. The van der Waals surface area contributed by atoms with E-state index in [1.807, 2.05) is 0 Å². The Balaban J connectivity index is 2.98. The first-order valence-corrected chi connectivity index (χ1v) is 4.71. The van der Waals surface area contributed by atoms with E-state index >= 15 is 0 Å². The van der Waals surface area contributed by atoms with Crippen LogP contribution in [0.2, 0.25) is 5.02 Å². The smallest absolute Gasteiger partial charge is 0.387 e. The number of carbonyl (C=O) groups is 1. The number of halogens is 3. The van der Waals surface area contributed by atoms with Crippen LogP contribution in [0.5, 0.6) is 5.75 Å². The van der Waals surface area contributed by atoms with Gasteiger partial charge in [0.15, 0.2) is 0 Å². The third-order valence-corrected chi connectivity index (χ3v) is 2.19. The minimum atomic E-state index is -2.96. The highest BCUT2D eigenvalue weighted by Crippen LogP contribution is 2.28. The maximum atomic E-state index is 12.1. The number of benzene rings is 1. The fraction of sp³-hybridized carbons (Fsp3) is 0.300. The lowest BCUT2D eigenvalue weighted by Gasteiger charge is -2.11. The Morgan fingerprint density at radius 1 is 1.50 bits per heavy atom. The van der Waals surface area contributed by atoms with Crippen LogP contribution in [0.3, 0.4) is 0 Å². The van der Waals surface area contributed by atoms with Crippen LogP contribution in [0.4, 0.5) is 8.78 Å². The summed E-state index contributed by atoms with van der Waals surface area (Å²) in [6.07, 6.45) is -0.210. The van der Waals surface area contributed by atoms with E-state index in [-0.39, 0.29) is 22.8 Å². The average Bonchev–Trinajstić information content (AvgIpc) is 2.22. The summed E-state index contributed by atoms with van der Waals surface area (Å²) in [7, 11) is 1.20. The second kappa shape index (κ2) is 5.65. The number of hydrogen-bond donors (Lipinski definition) is 0.